The molecule has 1 heterocycles. The number of benzene rings is 1. The molecule has 0 N–H and O–H groups in total. The summed E-state index contributed by atoms with van der Waals surface area (Å²) in [4.78, 5) is 0. The first-order valence-electron chi connectivity index (χ1n) is 6.15. The summed E-state index contributed by atoms with van der Waals surface area (Å²) in [5.41, 5.74) is 7.57. The van der Waals surface area contributed by atoms with Crippen LogP contribution in [0.1, 0.15) is 16.7 Å². The van der Waals surface area contributed by atoms with Crippen LogP contribution in [0.3, 0.4) is 0 Å². The van der Waals surface area contributed by atoms with Gasteiger partial charge in [0.25, 0.3) is 0 Å². The molecular weight excluding hydrogens is 248 g/mol. The molecule has 0 amide bonds. The van der Waals surface area contributed by atoms with Crippen molar-refractivity contribution in [2.45, 2.75) is 0 Å². The third kappa shape index (κ3) is 3.64. The van der Waals surface area contributed by atoms with E-state index < -0.39 is 8.56 Å². The minimum atomic E-state index is -0.607. The molecule has 1 aromatic carbocycles. The first-order valence-corrected chi connectivity index (χ1v) is 7.75. The summed E-state index contributed by atoms with van der Waals surface area (Å²) in [6.45, 7) is 0. The van der Waals surface area contributed by atoms with E-state index in [-0.39, 0.29) is 0 Å². The van der Waals surface area contributed by atoms with Gasteiger partial charge in [-0.2, -0.15) is 5.26 Å². The zero-order chi connectivity index (χ0) is 13.7. The molecule has 0 bridgehead atoms. The summed E-state index contributed by atoms with van der Waals surface area (Å²) in [5, 5.41) is 8.74. The smallest absolute Gasteiger partial charge is 0.153 e. The second-order valence-electron chi connectivity index (χ2n) is 4.55. The highest BCUT2D eigenvalue weighted by Gasteiger charge is 1.95. The van der Waals surface area contributed by atoms with E-state index >= 15 is 0 Å². The quantitative estimate of drug-likeness (QED) is 0.797. The third-order valence-electron chi connectivity index (χ3n) is 2.92. The summed E-state index contributed by atoms with van der Waals surface area (Å²) in [5.74, 6) is 0. The van der Waals surface area contributed by atoms with Crippen LogP contribution in [0.15, 0.2) is 47.8 Å². The average Bonchev–Trinajstić information content (AvgIpc) is 2.46. The monoisotopic (exact) mass is 264 g/mol. The Hall–Kier alpha value is -2.18. The highest BCUT2D eigenvalue weighted by Crippen LogP contribution is 2.09. The SMILES string of the molecule is CN(C)[si]1ccc(/C=C/c2ccc(C#N)cc2)cc1. The van der Waals surface area contributed by atoms with Crippen molar-refractivity contribution >= 4 is 20.7 Å². The van der Waals surface area contributed by atoms with E-state index in [1.165, 1.54) is 5.56 Å². The van der Waals surface area contributed by atoms with Crippen molar-refractivity contribution in [1.29, 1.82) is 5.26 Å². The van der Waals surface area contributed by atoms with Gasteiger partial charge in [-0.15, -0.1) is 0 Å². The second kappa shape index (κ2) is 6.12. The van der Waals surface area contributed by atoms with Crippen LogP contribution >= 0.6 is 0 Å². The maximum atomic E-state index is 8.74. The van der Waals surface area contributed by atoms with Crippen LogP contribution in [0.25, 0.3) is 12.2 Å². The van der Waals surface area contributed by atoms with E-state index in [1.807, 2.05) is 24.3 Å². The van der Waals surface area contributed by atoms with Gasteiger partial charge in [-0.3, -0.25) is 0 Å². The average molecular weight is 264 g/mol. The van der Waals surface area contributed by atoms with Crippen LogP contribution in [0, 0.1) is 11.3 Å². The van der Waals surface area contributed by atoms with E-state index in [0.717, 1.165) is 5.56 Å². The van der Waals surface area contributed by atoms with E-state index in [4.69, 9.17) is 5.26 Å². The van der Waals surface area contributed by atoms with Gasteiger partial charge in [0.1, 0.15) is 0 Å². The van der Waals surface area contributed by atoms with E-state index in [2.05, 4.69) is 60.4 Å². The molecule has 2 aromatic rings. The molecule has 19 heavy (non-hydrogen) atoms. The molecule has 0 aliphatic rings. The summed E-state index contributed by atoms with van der Waals surface area (Å²) in [6.07, 6.45) is 4.17. The van der Waals surface area contributed by atoms with Crippen molar-refractivity contribution in [2.24, 2.45) is 0 Å². The number of hydrogen-bond donors (Lipinski definition) is 0. The molecule has 0 aliphatic carbocycles. The Labute approximate surface area is 115 Å². The Bertz CT molecular complexity index is 605. The van der Waals surface area contributed by atoms with Crippen LogP contribution in [0.4, 0.5) is 0 Å². The molecule has 0 unspecified atom stereocenters. The van der Waals surface area contributed by atoms with Crippen LogP contribution in [0.2, 0.25) is 0 Å². The summed E-state index contributed by atoms with van der Waals surface area (Å²) < 4.78 is 2.26. The van der Waals surface area contributed by atoms with Crippen molar-refractivity contribution < 1.29 is 0 Å². The largest absolute Gasteiger partial charge is 0.410 e. The van der Waals surface area contributed by atoms with Gasteiger partial charge in [-0.1, -0.05) is 47.8 Å². The fourth-order valence-corrected chi connectivity index (χ4v) is 3.18. The van der Waals surface area contributed by atoms with Gasteiger partial charge in [0.05, 0.1) is 11.6 Å². The summed E-state index contributed by atoms with van der Waals surface area (Å²) >= 11 is 0. The van der Waals surface area contributed by atoms with Gasteiger partial charge in [0.2, 0.25) is 0 Å². The van der Waals surface area contributed by atoms with Crippen LogP contribution in [-0.4, -0.2) is 22.7 Å². The lowest BCUT2D eigenvalue weighted by Crippen LogP contribution is -2.25. The molecule has 1 aromatic heterocycles. The molecule has 0 aliphatic heterocycles. The minimum Gasteiger partial charge on any atom is -0.410 e. The van der Waals surface area contributed by atoms with Crippen LogP contribution in [-0.2, 0) is 0 Å². The predicted octanol–water partition coefficient (Wildman–Crippen LogP) is 2.95. The zero-order valence-corrected chi connectivity index (χ0v) is 12.2. The Kier molecular flexibility index (Phi) is 4.27. The van der Waals surface area contributed by atoms with E-state index in [0.29, 0.717) is 5.56 Å². The van der Waals surface area contributed by atoms with E-state index in [1.54, 1.807) is 0 Å². The topological polar surface area (TPSA) is 27.0 Å². The first kappa shape index (κ1) is 13.3. The second-order valence-corrected chi connectivity index (χ2v) is 6.96. The Morgan fingerprint density at radius 3 is 1.95 bits per heavy atom. The molecule has 0 saturated heterocycles. The molecule has 0 radical (unpaired) electrons. The number of nitriles is 1. The zero-order valence-electron chi connectivity index (χ0n) is 11.2. The highest BCUT2D eigenvalue weighted by atomic mass is 28.2. The lowest BCUT2D eigenvalue weighted by molar-refractivity contribution is 1.23. The van der Waals surface area contributed by atoms with Gasteiger partial charge in [0, 0.05) is 0 Å². The molecule has 2 rings (SSSR count). The van der Waals surface area contributed by atoms with Crippen molar-refractivity contribution in [3.63, 3.8) is 0 Å². The minimum absolute atomic E-state index is 0.607. The molecular formula is C16H16N2Si. The van der Waals surface area contributed by atoms with Gasteiger partial charge >= 0.3 is 0 Å². The summed E-state index contributed by atoms with van der Waals surface area (Å²) in [6, 6.07) is 14.1. The van der Waals surface area contributed by atoms with Crippen molar-refractivity contribution in [2.75, 3.05) is 18.7 Å². The molecule has 2 nitrogen and oxygen atoms in total. The summed E-state index contributed by atoms with van der Waals surface area (Å²) in [7, 11) is 3.62. The van der Waals surface area contributed by atoms with Crippen LogP contribution < -0.4 is 4.57 Å². The van der Waals surface area contributed by atoms with Gasteiger partial charge in [0.15, 0.2) is 8.56 Å². The lowest BCUT2D eigenvalue weighted by atomic mass is 10.1. The molecule has 0 atom stereocenters. The normalized spacial score (nSPS) is 10.4. The maximum Gasteiger partial charge on any atom is 0.153 e. The molecule has 0 spiro atoms. The first-order chi connectivity index (χ1) is 9.19. The number of rotatable bonds is 3. The molecule has 0 saturated carbocycles. The standard InChI is InChI=1S/C16H16N2Si/c1-18(2)19-11-9-15(10-12-19)4-3-14-5-7-16(13-17)8-6-14/h3-12H,1-2H3/b4-3+. The predicted molar refractivity (Wildman–Crippen MR) is 82.5 cm³/mol. The third-order valence-corrected chi connectivity index (χ3v) is 4.97. The van der Waals surface area contributed by atoms with E-state index in [9.17, 15) is 0 Å². The van der Waals surface area contributed by atoms with Crippen molar-refractivity contribution in [1.82, 2.24) is 0 Å². The highest BCUT2D eigenvalue weighted by molar-refractivity contribution is 6.53. The van der Waals surface area contributed by atoms with Gasteiger partial charge in [-0.05, 0) is 37.4 Å². The Balaban J connectivity index is 2.11. The Morgan fingerprint density at radius 2 is 1.47 bits per heavy atom. The fraction of sp³-hybridized carbons (Fsp3) is 0.125. The molecule has 0 fully saturated rings. The Morgan fingerprint density at radius 1 is 0.947 bits per heavy atom. The van der Waals surface area contributed by atoms with Crippen molar-refractivity contribution in [3.05, 3.63) is 64.4 Å². The van der Waals surface area contributed by atoms with Crippen molar-refractivity contribution in [3.8, 4) is 6.07 Å². The number of hydrogen-bond acceptors (Lipinski definition) is 2. The maximum absolute atomic E-state index is 8.74. The number of nitrogens with zero attached hydrogens (tertiary/aromatic N) is 2. The molecule has 3 heteroatoms. The van der Waals surface area contributed by atoms with Gasteiger partial charge in [-0.25, -0.2) is 0 Å². The van der Waals surface area contributed by atoms with Crippen LogP contribution in [0.5, 0.6) is 0 Å². The fourth-order valence-electron chi connectivity index (χ4n) is 1.74. The molecule has 94 valence electrons. The van der Waals surface area contributed by atoms with Gasteiger partial charge < -0.3 is 4.57 Å². The lowest BCUT2D eigenvalue weighted by Gasteiger charge is -2.10.